The number of ether oxygens (including phenoxy) is 1. The zero-order valence-corrected chi connectivity index (χ0v) is 16.1. The molecule has 0 spiro atoms. The molecule has 152 valence electrons. The number of fused-ring (bicyclic) bond motifs is 1. The zero-order chi connectivity index (χ0) is 20.4. The number of hydrogen-bond acceptors (Lipinski definition) is 3. The van der Waals surface area contributed by atoms with E-state index in [0.717, 1.165) is 18.4 Å². The minimum atomic E-state index is -0.730. The van der Waals surface area contributed by atoms with Crippen molar-refractivity contribution in [3.63, 3.8) is 0 Å². The molecule has 1 amide bonds. The van der Waals surface area contributed by atoms with Crippen LogP contribution in [0.3, 0.4) is 0 Å². The third kappa shape index (κ3) is 4.26. The molecule has 0 atom stereocenters. The number of halogens is 1. The van der Waals surface area contributed by atoms with Gasteiger partial charge in [0.15, 0.2) is 11.6 Å². The maximum atomic E-state index is 14.5. The molecule has 0 bridgehead atoms. The summed E-state index contributed by atoms with van der Waals surface area (Å²) in [7, 11) is 0. The van der Waals surface area contributed by atoms with E-state index in [1.807, 2.05) is 30.3 Å². The first-order chi connectivity index (χ1) is 14.0. The van der Waals surface area contributed by atoms with E-state index in [1.54, 1.807) is 4.90 Å². The van der Waals surface area contributed by atoms with E-state index in [0.29, 0.717) is 43.0 Å². The molecule has 2 aromatic carbocycles. The number of carbonyl (C=O) groups excluding carboxylic acids is 1. The predicted molar refractivity (Wildman–Crippen MR) is 105 cm³/mol. The number of carboxylic acid groups (broad SMARTS) is 1. The SMILES string of the molecule is O=C1c2cc(OCc3ccccc3)c(F)cc2CN1C[C@H]1CC[C@H](C(=O)O)CC1. The van der Waals surface area contributed by atoms with Crippen LogP contribution >= 0.6 is 0 Å². The van der Waals surface area contributed by atoms with Crippen LogP contribution in [0.25, 0.3) is 0 Å². The van der Waals surface area contributed by atoms with E-state index in [2.05, 4.69) is 0 Å². The summed E-state index contributed by atoms with van der Waals surface area (Å²) in [5.41, 5.74) is 2.10. The van der Waals surface area contributed by atoms with Gasteiger partial charge in [-0.05, 0) is 54.9 Å². The van der Waals surface area contributed by atoms with Crippen molar-refractivity contribution in [1.29, 1.82) is 0 Å². The van der Waals surface area contributed by atoms with Crippen LogP contribution in [0, 0.1) is 17.7 Å². The van der Waals surface area contributed by atoms with Crippen molar-refractivity contribution in [2.45, 2.75) is 38.8 Å². The molecule has 1 aliphatic heterocycles. The van der Waals surface area contributed by atoms with Crippen LogP contribution in [0.1, 0.15) is 47.2 Å². The molecule has 0 saturated heterocycles. The van der Waals surface area contributed by atoms with E-state index in [4.69, 9.17) is 9.84 Å². The second-order valence-corrected chi connectivity index (χ2v) is 7.96. The highest BCUT2D eigenvalue weighted by molar-refractivity contribution is 5.98. The van der Waals surface area contributed by atoms with Crippen LogP contribution in [-0.4, -0.2) is 28.4 Å². The monoisotopic (exact) mass is 397 g/mol. The first-order valence-corrected chi connectivity index (χ1v) is 10.0. The summed E-state index contributed by atoms with van der Waals surface area (Å²) >= 11 is 0. The van der Waals surface area contributed by atoms with Crippen LogP contribution in [0.2, 0.25) is 0 Å². The lowest BCUT2D eigenvalue weighted by molar-refractivity contribution is -0.143. The molecule has 0 aromatic heterocycles. The molecule has 1 fully saturated rings. The standard InChI is InChI=1S/C23H24FNO4/c24-20-10-18-13-25(12-15-6-8-17(9-7-15)23(27)28)22(26)19(18)11-21(20)29-14-16-4-2-1-3-5-16/h1-5,10-11,15,17H,6-9,12-14H2,(H,27,28)/t15-,17-. The maximum absolute atomic E-state index is 14.5. The van der Waals surface area contributed by atoms with Gasteiger partial charge in [0.25, 0.3) is 5.91 Å². The molecule has 2 aromatic rings. The van der Waals surface area contributed by atoms with E-state index in [9.17, 15) is 14.0 Å². The van der Waals surface area contributed by atoms with E-state index >= 15 is 0 Å². The van der Waals surface area contributed by atoms with E-state index in [-0.39, 0.29) is 24.2 Å². The lowest BCUT2D eigenvalue weighted by Gasteiger charge is -2.29. The third-order valence-electron chi connectivity index (χ3n) is 5.95. The van der Waals surface area contributed by atoms with Crippen molar-refractivity contribution >= 4 is 11.9 Å². The Balaban J connectivity index is 1.40. The van der Waals surface area contributed by atoms with Gasteiger partial charge in [0.1, 0.15) is 6.61 Å². The van der Waals surface area contributed by atoms with Gasteiger partial charge in [0, 0.05) is 18.7 Å². The van der Waals surface area contributed by atoms with Crippen molar-refractivity contribution < 1.29 is 23.8 Å². The Labute approximate surface area is 169 Å². The lowest BCUT2D eigenvalue weighted by Crippen LogP contribution is -2.32. The predicted octanol–water partition coefficient (Wildman–Crippen LogP) is 4.25. The first kappa shape index (κ1) is 19.4. The molecule has 5 nitrogen and oxygen atoms in total. The summed E-state index contributed by atoms with van der Waals surface area (Å²) in [6.45, 7) is 1.21. The van der Waals surface area contributed by atoms with E-state index < -0.39 is 11.8 Å². The van der Waals surface area contributed by atoms with Crippen molar-refractivity contribution in [2.24, 2.45) is 11.8 Å². The fourth-order valence-corrected chi connectivity index (χ4v) is 4.27. The first-order valence-electron chi connectivity index (χ1n) is 10.0. The Bertz CT molecular complexity index is 907. The second kappa shape index (κ2) is 8.23. The van der Waals surface area contributed by atoms with Crippen LogP contribution in [0.15, 0.2) is 42.5 Å². The Kier molecular flexibility index (Phi) is 5.51. The number of nitrogens with zero attached hydrogens (tertiary/aromatic N) is 1. The summed E-state index contributed by atoms with van der Waals surface area (Å²) in [6.07, 6.45) is 2.91. The van der Waals surface area contributed by atoms with Crippen molar-refractivity contribution in [3.05, 3.63) is 65.0 Å². The van der Waals surface area contributed by atoms with Crippen molar-refractivity contribution in [1.82, 2.24) is 4.90 Å². The average Bonchev–Trinajstić information content (AvgIpc) is 3.01. The van der Waals surface area contributed by atoms with Gasteiger partial charge in [-0.15, -0.1) is 0 Å². The van der Waals surface area contributed by atoms with Gasteiger partial charge in [0.2, 0.25) is 0 Å². The van der Waals surface area contributed by atoms with Crippen LogP contribution in [0.4, 0.5) is 4.39 Å². The summed E-state index contributed by atoms with van der Waals surface area (Å²) in [5.74, 6) is -1.18. The smallest absolute Gasteiger partial charge is 0.306 e. The van der Waals surface area contributed by atoms with Gasteiger partial charge in [-0.3, -0.25) is 9.59 Å². The number of aliphatic carboxylic acids is 1. The summed E-state index contributed by atoms with van der Waals surface area (Å²) in [5, 5.41) is 9.13. The molecule has 0 radical (unpaired) electrons. The van der Waals surface area contributed by atoms with Gasteiger partial charge in [-0.25, -0.2) is 4.39 Å². The molecule has 4 rings (SSSR count). The Morgan fingerprint density at radius 1 is 1.14 bits per heavy atom. The third-order valence-corrected chi connectivity index (χ3v) is 5.95. The molecule has 1 heterocycles. The second-order valence-electron chi connectivity index (χ2n) is 7.96. The van der Waals surface area contributed by atoms with Gasteiger partial charge in [-0.2, -0.15) is 0 Å². The number of amides is 1. The summed E-state index contributed by atoms with van der Waals surface area (Å²) < 4.78 is 20.1. The highest BCUT2D eigenvalue weighted by atomic mass is 19.1. The molecule has 1 N–H and O–H groups in total. The topological polar surface area (TPSA) is 66.8 Å². The fourth-order valence-electron chi connectivity index (χ4n) is 4.27. The van der Waals surface area contributed by atoms with Gasteiger partial charge in [-0.1, -0.05) is 30.3 Å². The molecule has 6 heteroatoms. The number of benzene rings is 2. The maximum Gasteiger partial charge on any atom is 0.306 e. The van der Waals surface area contributed by atoms with Crippen LogP contribution in [0.5, 0.6) is 5.75 Å². The highest BCUT2D eigenvalue weighted by Gasteiger charge is 2.33. The van der Waals surface area contributed by atoms with Gasteiger partial charge < -0.3 is 14.7 Å². The fraction of sp³-hybridized carbons (Fsp3) is 0.391. The molecule has 29 heavy (non-hydrogen) atoms. The molecule has 0 unspecified atom stereocenters. The average molecular weight is 397 g/mol. The Hall–Kier alpha value is -2.89. The number of carbonyl (C=O) groups is 2. The minimum Gasteiger partial charge on any atom is -0.486 e. The Morgan fingerprint density at radius 2 is 1.86 bits per heavy atom. The Morgan fingerprint density at radius 3 is 2.55 bits per heavy atom. The number of carboxylic acids is 1. The van der Waals surface area contributed by atoms with Crippen molar-refractivity contribution in [2.75, 3.05) is 6.54 Å². The number of rotatable bonds is 6. The van der Waals surface area contributed by atoms with Gasteiger partial charge >= 0.3 is 5.97 Å². The van der Waals surface area contributed by atoms with Crippen LogP contribution in [-0.2, 0) is 17.9 Å². The summed E-state index contributed by atoms with van der Waals surface area (Å²) in [4.78, 5) is 25.7. The van der Waals surface area contributed by atoms with Gasteiger partial charge in [0.05, 0.1) is 5.92 Å². The minimum absolute atomic E-state index is 0.0877. The number of hydrogen-bond donors (Lipinski definition) is 1. The zero-order valence-electron chi connectivity index (χ0n) is 16.1. The highest BCUT2D eigenvalue weighted by Crippen LogP contribution is 2.34. The van der Waals surface area contributed by atoms with E-state index in [1.165, 1.54) is 12.1 Å². The normalized spacial score (nSPS) is 21.1. The molecule has 1 saturated carbocycles. The largest absolute Gasteiger partial charge is 0.486 e. The van der Waals surface area contributed by atoms with Crippen LogP contribution < -0.4 is 4.74 Å². The molecular formula is C23H24FNO4. The summed E-state index contributed by atoms with van der Waals surface area (Å²) in [6, 6.07) is 12.4. The molecular weight excluding hydrogens is 373 g/mol. The molecule has 1 aliphatic carbocycles. The van der Waals surface area contributed by atoms with Crippen molar-refractivity contribution in [3.8, 4) is 5.75 Å². The quantitative estimate of drug-likeness (QED) is 0.791. The lowest BCUT2D eigenvalue weighted by atomic mass is 9.82. The molecule has 2 aliphatic rings.